The van der Waals surface area contributed by atoms with E-state index >= 15 is 0 Å². The Morgan fingerprint density at radius 3 is 2.48 bits per heavy atom. The number of hydrogen-bond donors (Lipinski definition) is 2. The molecule has 2 N–H and O–H groups in total. The van der Waals surface area contributed by atoms with Crippen LogP contribution in [0, 0.1) is 13.8 Å². The Balaban J connectivity index is 1.56. The second kappa shape index (κ2) is 8.10. The van der Waals surface area contributed by atoms with Gasteiger partial charge in [-0.15, -0.1) is 0 Å². The van der Waals surface area contributed by atoms with Crippen molar-refractivity contribution < 1.29 is 14.3 Å². The molecule has 0 saturated heterocycles. The third kappa shape index (κ3) is 3.70. The number of amides is 1. The number of aromatic amines is 1. The molecular weight excluding hydrogens is 392 g/mol. The van der Waals surface area contributed by atoms with Gasteiger partial charge in [0.05, 0.1) is 23.2 Å². The molecule has 31 heavy (non-hydrogen) atoms. The number of carbonyl (C=O) groups is 2. The zero-order chi connectivity index (χ0) is 22.1. The van der Waals surface area contributed by atoms with Gasteiger partial charge in [0.1, 0.15) is 11.5 Å². The van der Waals surface area contributed by atoms with Crippen LogP contribution in [0.25, 0.3) is 22.4 Å². The highest BCUT2D eigenvalue weighted by Gasteiger charge is 2.23. The van der Waals surface area contributed by atoms with Crippen molar-refractivity contribution in [1.29, 1.82) is 0 Å². The zero-order valence-corrected chi connectivity index (χ0v) is 17.9. The molecule has 0 atom stereocenters. The van der Waals surface area contributed by atoms with Gasteiger partial charge in [-0.2, -0.15) is 0 Å². The van der Waals surface area contributed by atoms with Gasteiger partial charge in [-0.3, -0.25) is 4.79 Å². The molecule has 4 aromatic rings. The van der Waals surface area contributed by atoms with Crippen LogP contribution < -0.4 is 5.32 Å². The van der Waals surface area contributed by atoms with E-state index in [1.807, 2.05) is 60.1 Å². The Labute approximate surface area is 180 Å². The maximum Gasteiger partial charge on any atom is 0.340 e. The van der Waals surface area contributed by atoms with Crippen LogP contribution in [0.2, 0.25) is 0 Å². The van der Waals surface area contributed by atoms with Crippen molar-refractivity contribution in [3.63, 3.8) is 0 Å². The van der Waals surface area contributed by atoms with Gasteiger partial charge < -0.3 is 19.6 Å². The summed E-state index contributed by atoms with van der Waals surface area (Å²) in [5.41, 5.74) is 5.54. The molecule has 1 amide bonds. The number of nitrogens with zero attached hydrogens (tertiary/aromatic N) is 2. The molecule has 7 nitrogen and oxygen atoms in total. The molecule has 0 fully saturated rings. The summed E-state index contributed by atoms with van der Waals surface area (Å²) in [5, 5.41) is 2.88. The van der Waals surface area contributed by atoms with Crippen LogP contribution in [0.15, 0.2) is 48.5 Å². The van der Waals surface area contributed by atoms with Crippen LogP contribution in [0.3, 0.4) is 0 Å². The predicted molar refractivity (Wildman–Crippen MR) is 120 cm³/mol. The van der Waals surface area contributed by atoms with Crippen LogP contribution in [0.5, 0.6) is 0 Å². The van der Waals surface area contributed by atoms with Crippen molar-refractivity contribution in [2.75, 3.05) is 11.9 Å². The fourth-order valence-corrected chi connectivity index (χ4v) is 3.79. The monoisotopic (exact) mass is 416 g/mol. The van der Waals surface area contributed by atoms with E-state index in [0.717, 1.165) is 22.4 Å². The lowest BCUT2D eigenvalue weighted by Gasteiger charge is -2.07. The van der Waals surface area contributed by atoms with Crippen molar-refractivity contribution in [3.8, 4) is 11.4 Å². The van der Waals surface area contributed by atoms with E-state index in [4.69, 9.17) is 9.72 Å². The lowest BCUT2D eigenvalue weighted by Crippen LogP contribution is -2.14. The first-order valence-electron chi connectivity index (χ1n) is 10.1. The van der Waals surface area contributed by atoms with Crippen molar-refractivity contribution in [1.82, 2.24) is 14.5 Å². The van der Waals surface area contributed by atoms with Gasteiger partial charge >= 0.3 is 5.97 Å². The number of ether oxygens (including phenoxy) is 1. The number of fused-ring (bicyclic) bond motifs is 1. The molecule has 0 radical (unpaired) electrons. The van der Waals surface area contributed by atoms with Gasteiger partial charge in [0.2, 0.25) is 0 Å². The molecule has 2 heterocycles. The first-order chi connectivity index (χ1) is 14.9. The lowest BCUT2D eigenvalue weighted by molar-refractivity contribution is 0.0525. The molecule has 0 unspecified atom stereocenters. The third-order valence-electron chi connectivity index (χ3n) is 5.33. The number of aromatic nitrogens is 3. The van der Waals surface area contributed by atoms with Gasteiger partial charge in [0, 0.05) is 24.0 Å². The second-order valence-corrected chi connectivity index (χ2v) is 7.36. The molecule has 158 valence electrons. The Bertz CT molecular complexity index is 1280. The fourth-order valence-electron chi connectivity index (χ4n) is 3.79. The first-order valence-corrected chi connectivity index (χ1v) is 10.1. The fraction of sp³-hybridized carbons (Fsp3) is 0.208. The number of nitrogens with one attached hydrogen (secondary N) is 2. The number of benzene rings is 2. The number of esters is 1. The van der Waals surface area contributed by atoms with E-state index in [1.165, 1.54) is 0 Å². The smallest absolute Gasteiger partial charge is 0.340 e. The molecule has 0 bridgehead atoms. The third-order valence-corrected chi connectivity index (χ3v) is 5.33. The molecule has 2 aromatic carbocycles. The summed E-state index contributed by atoms with van der Waals surface area (Å²) in [6, 6.07) is 15.5. The Hall–Kier alpha value is -3.87. The minimum Gasteiger partial charge on any atom is -0.462 e. The van der Waals surface area contributed by atoms with Crippen molar-refractivity contribution in [3.05, 3.63) is 71.0 Å². The Morgan fingerprint density at radius 1 is 1.10 bits per heavy atom. The van der Waals surface area contributed by atoms with Crippen molar-refractivity contribution in [2.45, 2.75) is 20.8 Å². The van der Waals surface area contributed by atoms with E-state index in [-0.39, 0.29) is 12.5 Å². The molecule has 2 aromatic heterocycles. The highest BCUT2D eigenvalue weighted by Crippen LogP contribution is 2.25. The van der Waals surface area contributed by atoms with Gasteiger partial charge in [-0.05, 0) is 62.7 Å². The van der Waals surface area contributed by atoms with E-state index in [1.54, 1.807) is 20.8 Å². The molecule has 4 rings (SSSR count). The van der Waals surface area contributed by atoms with Crippen molar-refractivity contribution >= 4 is 28.6 Å². The highest BCUT2D eigenvalue weighted by atomic mass is 16.5. The first kappa shape index (κ1) is 20.4. The highest BCUT2D eigenvalue weighted by molar-refractivity contribution is 6.06. The largest absolute Gasteiger partial charge is 0.462 e. The molecule has 0 aliphatic rings. The van der Waals surface area contributed by atoms with Crippen molar-refractivity contribution in [2.24, 2.45) is 7.05 Å². The SMILES string of the molecule is CCOC(=O)c1c(C)[nH]c(C(=O)Nc2ccc(-c3nc4ccccc4n3C)cc2)c1C. The molecular formula is C24H24N4O3. The molecule has 7 heteroatoms. The lowest BCUT2D eigenvalue weighted by atomic mass is 10.1. The summed E-state index contributed by atoms with van der Waals surface area (Å²) in [5.74, 6) is 0.111. The summed E-state index contributed by atoms with van der Waals surface area (Å²) < 4.78 is 7.14. The number of anilines is 1. The average Bonchev–Trinajstić information content (AvgIpc) is 3.25. The van der Waals surface area contributed by atoms with E-state index < -0.39 is 5.97 Å². The minimum absolute atomic E-state index is 0.280. The van der Waals surface area contributed by atoms with Gasteiger partial charge in [-0.1, -0.05) is 12.1 Å². The normalized spacial score (nSPS) is 11.0. The number of carbonyl (C=O) groups excluding carboxylic acids is 2. The van der Waals surface area contributed by atoms with Gasteiger partial charge in [0.15, 0.2) is 0 Å². The standard InChI is InChI=1S/C24H24N4O3/c1-5-31-24(30)20-14(2)21(25-15(20)3)23(29)26-17-12-10-16(11-13-17)22-27-18-8-6-7-9-19(18)28(22)4/h6-13,25H,5H2,1-4H3,(H,26,29). The summed E-state index contributed by atoms with van der Waals surface area (Å²) in [6.07, 6.45) is 0. The van der Waals surface area contributed by atoms with Crippen LogP contribution in [0.1, 0.15) is 39.0 Å². The van der Waals surface area contributed by atoms with Gasteiger partial charge in [-0.25, -0.2) is 9.78 Å². The molecule has 0 aliphatic heterocycles. The van der Waals surface area contributed by atoms with E-state index in [9.17, 15) is 9.59 Å². The number of H-pyrrole nitrogens is 1. The number of rotatable bonds is 5. The number of para-hydroxylation sites is 2. The van der Waals surface area contributed by atoms with Crippen LogP contribution >= 0.6 is 0 Å². The van der Waals surface area contributed by atoms with Crippen LogP contribution in [-0.4, -0.2) is 33.0 Å². The minimum atomic E-state index is -0.431. The number of aryl methyl sites for hydroxylation is 2. The summed E-state index contributed by atoms with van der Waals surface area (Å²) >= 11 is 0. The Kier molecular flexibility index (Phi) is 5.33. The summed E-state index contributed by atoms with van der Waals surface area (Å²) in [6.45, 7) is 5.52. The average molecular weight is 416 g/mol. The predicted octanol–water partition coefficient (Wildman–Crippen LogP) is 4.61. The molecule has 0 saturated carbocycles. The second-order valence-electron chi connectivity index (χ2n) is 7.36. The Morgan fingerprint density at radius 2 is 1.81 bits per heavy atom. The number of hydrogen-bond acceptors (Lipinski definition) is 4. The topological polar surface area (TPSA) is 89.0 Å². The van der Waals surface area contributed by atoms with E-state index in [0.29, 0.717) is 28.2 Å². The molecule has 0 spiro atoms. The van der Waals surface area contributed by atoms with Crippen LogP contribution in [-0.2, 0) is 11.8 Å². The van der Waals surface area contributed by atoms with Crippen LogP contribution in [0.4, 0.5) is 5.69 Å². The zero-order valence-electron chi connectivity index (χ0n) is 17.9. The van der Waals surface area contributed by atoms with Gasteiger partial charge in [0.25, 0.3) is 5.91 Å². The maximum atomic E-state index is 12.8. The molecule has 0 aliphatic carbocycles. The number of imidazole rings is 1. The van der Waals surface area contributed by atoms with E-state index in [2.05, 4.69) is 10.3 Å². The maximum absolute atomic E-state index is 12.8. The quantitative estimate of drug-likeness (QED) is 0.465. The summed E-state index contributed by atoms with van der Waals surface area (Å²) in [4.78, 5) is 32.7. The summed E-state index contributed by atoms with van der Waals surface area (Å²) in [7, 11) is 1.98.